The molecule has 0 fully saturated rings. The maximum absolute atomic E-state index is 12.6. The molecule has 0 spiro atoms. The van der Waals surface area contributed by atoms with Crippen LogP contribution in [0.1, 0.15) is 20.7 Å². The van der Waals surface area contributed by atoms with Crippen molar-refractivity contribution in [3.8, 4) is 0 Å². The zero-order valence-electron chi connectivity index (χ0n) is 18.0. The van der Waals surface area contributed by atoms with Crippen LogP contribution >= 0.6 is 0 Å². The van der Waals surface area contributed by atoms with Crippen LogP contribution in [0.3, 0.4) is 0 Å². The summed E-state index contributed by atoms with van der Waals surface area (Å²) in [6, 6.07) is 25.3. The second kappa shape index (κ2) is 10.6. The quantitative estimate of drug-likeness (QED) is 0.321. The number of hydrogen-bond donors (Lipinski definition) is 4. The van der Waals surface area contributed by atoms with Crippen molar-refractivity contribution >= 4 is 40.6 Å². The Labute approximate surface area is 196 Å². The number of nitrogens with zero attached hydrogens (tertiary/aromatic N) is 1. The van der Waals surface area contributed by atoms with E-state index in [1.165, 1.54) is 0 Å². The van der Waals surface area contributed by atoms with Crippen LogP contribution in [0, 0.1) is 0 Å². The summed E-state index contributed by atoms with van der Waals surface area (Å²) in [7, 11) is 0. The van der Waals surface area contributed by atoms with Crippen molar-refractivity contribution in [2.24, 2.45) is 0 Å². The molecule has 3 aromatic carbocycles. The molecule has 0 atom stereocenters. The van der Waals surface area contributed by atoms with Crippen LogP contribution in [-0.2, 0) is 0 Å². The number of anilines is 4. The maximum atomic E-state index is 12.6. The fourth-order valence-corrected chi connectivity index (χ4v) is 3.10. The van der Waals surface area contributed by atoms with Gasteiger partial charge in [-0.15, -0.1) is 0 Å². The van der Waals surface area contributed by atoms with E-state index in [2.05, 4.69) is 26.3 Å². The average molecular weight is 451 g/mol. The van der Waals surface area contributed by atoms with Crippen LogP contribution in [-0.4, -0.2) is 22.8 Å². The van der Waals surface area contributed by atoms with Crippen molar-refractivity contribution in [1.29, 1.82) is 0 Å². The summed E-state index contributed by atoms with van der Waals surface area (Å²) >= 11 is 0. The van der Waals surface area contributed by atoms with E-state index in [4.69, 9.17) is 0 Å². The lowest BCUT2D eigenvalue weighted by Crippen LogP contribution is -2.19. The standard InChI is InChI=1S/C26H21N5O3/c32-24(18-9-11-21(12-10-18)31-26(34)30-20-5-2-1-3-6-20)28-22-7-4-8-23(17-22)29-25(33)19-13-15-27-16-14-19/h1-17H,(H,28,32)(H,29,33)(H2,30,31,34). The molecule has 0 bridgehead atoms. The van der Waals surface area contributed by atoms with E-state index in [-0.39, 0.29) is 17.8 Å². The Morgan fingerprint density at radius 1 is 0.500 bits per heavy atom. The average Bonchev–Trinajstić information content (AvgIpc) is 2.86. The number of benzene rings is 3. The Morgan fingerprint density at radius 3 is 1.59 bits per heavy atom. The van der Waals surface area contributed by atoms with Gasteiger partial charge in [-0.2, -0.15) is 0 Å². The molecule has 168 valence electrons. The van der Waals surface area contributed by atoms with Gasteiger partial charge >= 0.3 is 6.03 Å². The molecule has 8 heteroatoms. The molecule has 4 amide bonds. The molecule has 0 aliphatic rings. The fraction of sp³-hybridized carbons (Fsp3) is 0. The number of pyridine rings is 1. The lowest BCUT2D eigenvalue weighted by atomic mass is 10.2. The Bertz CT molecular complexity index is 1290. The minimum Gasteiger partial charge on any atom is -0.322 e. The van der Waals surface area contributed by atoms with Crippen molar-refractivity contribution in [2.45, 2.75) is 0 Å². The van der Waals surface area contributed by atoms with E-state index in [1.54, 1.807) is 85.2 Å². The summed E-state index contributed by atoms with van der Waals surface area (Å²) in [6.45, 7) is 0. The van der Waals surface area contributed by atoms with Gasteiger partial charge in [-0.25, -0.2) is 4.79 Å². The van der Waals surface area contributed by atoms with Crippen molar-refractivity contribution in [3.05, 3.63) is 115 Å². The monoisotopic (exact) mass is 451 g/mol. The molecule has 0 saturated carbocycles. The summed E-state index contributed by atoms with van der Waals surface area (Å²) in [5.74, 6) is -0.594. The van der Waals surface area contributed by atoms with Crippen molar-refractivity contribution < 1.29 is 14.4 Å². The Kier molecular flexibility index (Phi) is 6.90. The van der Waals surface area contributed by atoms with Crippen molar-refractivity contribution in [2.75, 3.05) is 21.3 Å². The van der Waals surface area contributed by atoms with E-state index in [0.717, 1.165) is 0 Å². The first-order valence-corrected chi connectivity index (χ1v) is 10.4. The lowest BCUT2D eigenvalue weighted by molar-refractivity contribution is 0.101. The van der Waals surface area contributed by atoms with Gasteiger partial charge in [0.05, 0.1) is 0 Å². The number of para-hydroxylation sites is 1. The second-order valence-corrected chi connectivity index (χ2v) is 7.25. The first kappa shape index (κ1) is 22.2. The minimum absolute atomic E-state index is 0.273. The Hall–Kier alpha value is -4.98. The smallest absolute Gasteiger partial charge is 0.322 e. The van der Waals surface area contributed by atoms with Gasteiger partial charge in [-0.3, -0.25) is 14.6 Å². The highest BCUT2D eigenvalue weighted by Crippen LogP contribution is 2.18. The summed E-state index contributed by atoms with van der Waals surface area (Å²) in [5.41, 5.74) is 3.20. The predicted molar refractivity (Wildman–Crippen MR) is 132 cm³/mol. The zero-order chi connectivity index (χ0) is 23.8. The largest absolute Gasteiger partial charge is 0.323 e. The highest BCUT2D eigenvalue weighted by atomic mass is 16.2. The van der Waals surface area contributed by atoms with Gasteiger partial charge in [0, 0.05) is 46.3 Å². The third-order valence-corrected chi connectivity index (χ3v) is 4.76. The van der Waals surface area contributed by atoms with E-state index in [1.807, 2.05) is 18.2 Å². The molecule has 4 N–H and O–H groups in total. The summed E-state index contributed by atoms with van der Waals surface area (Å²) in [4.78, 5) is 41.0. The third-order valence-electron chi connectivity index (χ3n) is 4.76. The Morgan fingerprint density at radius 2 is 1.00 bits per heavy atom. The van der Waals surface area contributed by atoms with Gasteiger partial charge in [-0.1, -0.05) is 24.3 Å². The van der Waals surface area contributed by atoms with E-state index in [0.29, 0.717) is 33.9 Å². The number of amides is 4. The summed E-state index contributed by atoms with van der Waals surface area (Å²) < 4.78 is 0. The number of carbonyl (C=O) groups excluding carboxylic acids is 3. The molecule has 4 aromatic rings. The molecule has 0 saturated heterocycles. The molecule has 0 radical (unpaired) electrons. The molecule has 0 aliphatic heterocycles. The van der Waals surface area contributed by atoms with Gasteiger partial charge in [-0.05, 0) is 66.7 Å². The number of nitrogens with one attached hydrogen (secondary N) is 4. The van der Waals surface area contributed by atoms with Gasteiger partial charge < -0.3 is 21.3 Å². The fourth-order valence-electron chi connectivity index (χ4n) is 3.10. The molecule has 1 aromatic heterocycles. The van der Waals surface area contributed by atoms with Crippen LogP contribution in [0.2, 0.25) is 0 Å². The number of aromatic nitrogens is 1. The molecule has 0 aliphatic carbocycles. The van der Waals surface area contributed by atoms with Crippen molar-refractivity contribution in [3.63, 3.8) is 0 Å². The number of rotatable bonds is 6. The predicted octanol–water partition coefficient (Wildman–Crippen LogP) is 5.23. The van der Waals surface area contributed by atoms with Gasteiger partial charge in [0.25, 0.3) is 11.8 Å². The lowest BCUT2D eigenvalue weighted by Gasteiger charge is -2.10. The number of carbonyl (C=O) groups is 3. The zero-order valence-corrected chi connectivity index (χ0v) is 18.0. The number of hydrogen-bond acceptors (Lipinski definition) is 4. The molecule has 34 heavy (non-hydrogen) atoms. The summed E-state index contributed by atoms with van der Waals surface area (Å²) in [6.07, 6.45) is 3.09. The molecule has 1 heterocycles. The van der Waals surface area contributed by atoms with Crippen LogP contribution in [0.15, 0.2) is 103 Å². The van der Waals surface area contributed by atoms with Crippen LogP contribution in [0.5, 0.6) is 0 Å². The van der Waals surface area contributed by atoms with Crippen LogP contribution in [0.4, 0.5) is 27.5 Å². The van der Waals surface area contributed by atoms with Gasteiger partial charge in [0.15, 0.2) is 0 Å². The maximum Gasteiger partial charge on any atom is 0.323 e. The topological polar surface area (TPSA) is 112 Å². The second-order valence-electron chi connectivity index (χ2n) is 7.25. The molecular formula is C26H21N5O3. The molecule has 4 rings (SSSR count). The molecule has 0 unspecified atom stereocenters. The molecular weight excluding hydrogens is 430 g/mol. The van der Waals surface area contributed by atoms with E-state index >= 15 is 0 Å². The first-order valence-electron chi connectivity index (χ1n) is 10.4. The van der Waals surface area contributed by atoms with E-state index in [9.17, 15) is 14.4 Å². The number of urea groups is 1. The normalized spacial score (nSPS) is 10.1. The SMILES string of the molecule is O=C(Nc1ccccc1)Nc1ccc(C(=O)Nc2cccc(NC(=O)c3ccncc3)c2)cc1. The van der Waals surface area contributed by atoms with Crippen molar-refractivity contribution in [1.82, 2.24) is 4.98 Å². The minimum atomic E-state index is -0.381. The molecule has 8 nitrogen and oxygen atoms in total. The van der Waals surface area contributed by atoms with Crippen LogP contribution in [0.25, 0.3) is 0 Å². The highest BCUT2D eigenvalue weighted by Gasteiger charge is 2.10. The first-order chi connectivity index (χ1) is 16.6. The highest BCUT2D eigenvalue weighted by molar-refractivity contribution is 6.07. The Balaban J connectivity index is 1.34. The third kappa shape index (κ3) is 6.04. The summed E-state index contributed by atoms with van der Waals surface area (Å²) in [5, 5.41) is 11.0. The van der Waals surface area contributed by atoms with Crippen LogP contribution < -0.4 is 21.3 Å². The van der Waals surface area contributed by atoms with E-state index < -0.39 is 0 Å². The van der Waals surface area contributed by atoms with Gasteiger partial charge in [0.2, 0.25) is 0 Å². The van der Waals surface area contributed by atoms with Gasteiger partial charge in [0.1, 0.15) is 0 Å².